The molecule has 2 unspecified atom stereocenters. The highest BCUT2D eigenvalue weighted by atomic mass is 127. The normalized spacial score (nSPS) is 24.0. The molecule has 2 aliphatic heterocycles. The fourth-order valence-electron chi connectivity index (χ4n) is 4.34. The number of guanidine groups is 1. The van der Waals surface area contributed by atoms with Crippen LogP contribution in [-0.2, 0) is 19.7 Å². The van der Waals surface area contributed by atoms with Crippen LogP contribution in [0.25, 0.3) is 0 Å². The fourth-order valence-corrected chi connectivity index (χ4v) is 4.34. The molecular formula is C22H34IN3O3. The fraction of sp³-hybridized carbons (Fsp3) is 0.636. The highest BCUT2D eigenvalue weighted by Crippen LogP contribution is 2.35. The maximum absolute atomic E-state index is 12.1. The predicted octanol–water partition coefficient (Wildman–Crippen LogP) is 3.06. The first kappa shape index (κ1) is 23.9. The lowest BCUT2D eigenvalue weighted by Gasteiger charge is -2.37. The highest BCUT2D eigenvalue weighted by molar-refractivity contribution is 14.0. The number of esters is 1. The summed E-state index contributed by atoms with van der Waals surface area (Å²) in [4.78, 5) is 19.3. The van der Waals surface area contributed by atoms with E-state index in [0.717, 1.165) is 51.6 Å². The Bertz CT molecular complexity index is 677. The SMILES string of the molecule is CCNC(=NCC1(c2ccccc2)CCOCC1)N1CC(C)C(C(=O)OC)C1.I. The number of nitrogens with zero attached hydrogens (tertiary/aromatic N) is 2. The number of rotatable bonds is 5. The third-order valence-corrected chi connectivity index (χ3v) is 6.12. The van der Waals surface area contributed by atoms with Crippen LogP contribution in [-0.4, -0.2) is 63.3 Å². The van der Waals surface area contributed by atoms with Gasteiger partial charge in [0.2, 0.25) is 0 Å². The molecule has 0 saturated carbocycles. The van der Waals surface area contributed by atoms with Gasteiger partial charge in [-0.05, 0) is 31.2 Å². The van der Waals surface area contributed by atoms with Gasteiger partial charge in [-0.2, -0.15) is 0 Å². The minimum absolute atomic E-state index is 0. The van der Waals surface area contributed by atoms with Gasteiger partial charge in [-0.25, -0.2) is 0 Å². The van der Waals surface area contributed by atoms with Crippen molar-refractivity contribution in [1.82, 2.24) is 10.2 Å². The third-order valence-electron chi connectivity index (χ3n) is 6.12. The molecule has 0 bridgehead atoms. The van der Waals surface area contributed by atoms with E-state index in [1.54, 1.807) is 0 Å². The van der Waals surface area contributed by atoms with Crippen LogP contribution < -0.4 is 5.32 Å². The molecule has 0 aliphatic carbocycles. The van der Waals surface area contributed by atoms with Gasteiger partial charge in [-0.15, -0.1) is 24.0 Å². The summed E-state index contributed by atoms with van der Waals surface area (Å²) in [6.45, 7) is 8.71. The second kappa shape index (κ2) is 11.2. The van der Waals surface area contributed by atoms with E-state index in [4.69, 9.17) is 14.5 Å². The second-order valence-corrected chi connectivity index (χ2v) is 7.94. The molecule has 2 aliphatic rings. The van der Waals surface area contributed by atoms with Crippen LogP contribution in [0.1, 0.15) is 32.3 Å². The lowest BCUT2D eigenvalue weighted by Crippen LogP contribution is -2.43. The van der Waals surface area contributed by atoms with E-state index < -0.39 is 0 Å². The van der Waals surface area contributed by atoms with Gasteiger partial charge >= 0.3 is 5.97 Å². The van der Waals surface area contributed by atoms with Crippen LogP contribution in [0.2, 0.25) is 0 Å². The first-order valence-electron chi connectivity index (χ1n) is 10.3. The molecule has 0 radical (unpaired) electrons. The maximum atomic E-state index is 12.1. The molecule has 0 amide bonds. The Morgan fingerprint density at radius 2 is 1.97 bits per heavy atom. The van der Waals surface area contributed by atoms with Gasteiger partial charge in [0.05, 0.1) is 19.6 Å². The van der Waals surface area contributed by atoms with Crippen LogP contribution in [0.5, 0.6) is 0 Å². The largest absolute Gasteiger partial charge is 0.469 e. The number of ether oxygens (including phenoxy) is 2. The van der Waals surface area contributed by atoms with Crippen molar-refractivity contribution in [2.24, 2.45) is 16.8 Å². The summed E-state index contributed by atoms with van der Waals surface area (Å²) in [6, 6.07) is 10.7. The van der Waals surface area contributed by atoms with Crippen LogP contribution in [0.15, 0.2) is 35.3 Å². The molecule has 2 heterocycles. The zero-order valence-corrected chi connectivity index (χ0v) is 20.1. The van der Waals surface area contributed by atoms with Crippen molar-refractivity contribution in [1.29, 1.82) is 0 Å². The van der Waals surface area contributed by atoms with Gasteiger partial charge in [-0.1, -0.05) is 37.3 Å². The molecular weight excluding hydrogens is 481 g/mol. The third kappa shape index (κ3) is 5.63. The Balaban J connectivity index is 0.00000300. The van der Waals surface area contributed by atoms with Crippen LogP contribution >= 0.6 is 24.0 Å². The molecule has 2 fully saturated rings. The average Bonchev–Trinajstić information content (AvgIpc) is 3.13. The minimum Gasteiger partial charge on any atom is -0.469 e. The van der Waals surface area contributed by atoms with E-state index in [1.165, 1.54) is 12.7 Å². The molecule has 3 rings (SSSR count). The molecule has 2 atom stereocenters. The lowest BCUT2D eigenvalue weighted by molar-refractivity contribution is -0.145. The number of nitrogens with one attached hydrogen (secondary N) is 1. The lowest BCUT2D eigenvalue weighted by atomic mass is 9.74. The molecule has 1 N–H and O–H groups in total. The number of halogens is 1. The summed E-state index contributed by atoms with van der Waals surface area (Å²) in [7, 11) is 1.46. The number of likely N-dealkylation sites (tertiary alicyclic amines) is 1. The molecule has 29 heavy (non-hydrogen) atoms. The van der Waals surface area contributed by atoms with Crippen LogP contribution in [0.4, 0.5) is 0 Å². The van der Waals surface area contributed by atoms with Gasteiger partial charge in [0, 0.05) is 38.3 Å². The van der Waals surface area contributed by atoms with E-state index in [9.17, 15) is 4.79 Å². The first-order chi connectivity index (χ1) is 13.6. The second-order valence-electron chi connectivity index (χ2n) is 7.94. The molecule has 1 aromatic rings. The summed E-state index contributed by atoms with van der Waals surface area (Å²) < 4.78 is 10.6. The van der Waals surface area contributed by atoms with Crippen molar-refractivity contribution in [2.45, 2.75) is 32.1 Å². The molecule has 1 aromatic carbocycles. The van der Waals surface area contributed by atoms with Crippen molar-refractivity contribution in [3.63, 3.8) is 0 Å². The summed E-state index contributed by atoms with van der Waals surface area (Å²) in [5.41, 5.74) is 1.34. The Morgan fingerprint density at radius 1 is 1.28 bits per heavy atom. The highest BCUT2D eigenvalue weighted by Gasteiger charge is 2.38. The van der Waals surface area contributed by atoms with E-state index in [1.807, 2.05) is 0 Å². The number of hydrogen-bond acceptors (Lipinski definition) is 4. The number of aliphatic imine (C=N–C) groups is 1. The van der Waals surface area contributed by atoms with E-state index in [0.29, 0.717) is 6.54 Å². The smallest absolute Gasteiger partial charge is 0.310 e. The Kier molecular flexibility index (Phi) is 9.20. The predicted molar refractivity (Wildman–Crippen MR) is 126 cm³/mol. The number of carbonyl (C=O) groups is 1. The molecule has 6 nitrogen and oxygen atoms in total. The summed E-state index contributed by atoms with van der Waals surface area (Å²) >= 11 is 0. The van der Waals surface area contributed by atoms with E-state index in [-0.39, 0.29) is 47.2 Å². The Labute approximate surface area is 191 Å². The van der Waals surface area contributed by atoms with Gasteiger partial charge in [0.25, 0.3) is 0 Å². The zero-order valence-electron chi connectivity index (χ0n) is 17.7. The van der Waals surface area contributed by atoms with Crippen molar-refractivity contribution in [2.75, 3.05) is 46.5 Å². The maximum Gasteiger partial charge on any atom is 0.310 e. The topological polar surface area (TPSA) is 63.2 Å². The van der Waals surface area contributed by atoms with Crippen molar-refractivity contribution >= 4 is 35.9 Å². The number of hydrogen-bond donors (Lipinski definition) is 1. The number of methoxy groups -OCH3 is 1. The van der Waals surface area contributed by atoms with Gasteiger partial charge in [0.15, 0.2) is 5.96 Å². The number of benzene rings is 1. The first-order valence-corrected chi connectivity index (χ1v) is 10.3. The van der Waals surface area contributed by atoms with E-state index in [2.05, 4.69) is 54.4 Å². The van der Waals surface area contributed by atoms with Crippen LogP contribution in [0.3, 0.4) is 0 Å². The quantitative estimate of drug-likeness (QED) is 0.283. The molecule has 162 valence electrons. The molecule has 0 spiro atoms. The monoisotopic (exact) mass is 515 g/mol. The van der Waals surface area contributed by atoms with Crippen molar-refractivity contribution in [3.05, 3.63) is 35.9 Å². The zero-order chi connectivity index (χ0) is 20.0. The average molecular weight is 515 g/mol. The molecule has 0 aromatic heterocycles. The van der Waals surface area contributed by atoms with Gasteiger partial charge < -0.3 is 19.7 Å². The van der Waals surface area contributed by atoms with Gasteiger partial charge in [-0.3, -0.25) is 9.79 Å². The molecule has 2 saturated heterocycles. The Morgan fingerprint density at radius 3 is 2.59 bits per heavy atom. The summed E-state index contributed by atoms with van der Waals surface area (Å²) in [6.07, 6.45) is 1.95. The standard InChI is InChI=1S/C22H33N3O3.HI/c1-4-23-21(25-14-17(2)19(15-25)20(26)27-3)24-16-22(10-12-28-13-11-22)18-8-6-5-7-9-18;/h5-9,17,19H,4,10-16H2,1-3H3,(H,23,24);1H. The summed E-state index contributed by atoms with van der Waals surface area (Å²) in [5.74, 6) is 0.918. The van der Waals surface area contributed by atoms with Crippen molar-refractivity contribution in [3.8, 4) is 0 Å². The number of carbonyl (C=O) groups excluding carboxylic acids is 1. The van der Waals surface area contributed by atoms with Gasteiger partial charge in [0.1, 0.15) is 0 Å². The molecule has 7 heteroatoms. The van der Waals surface area contributed by atoms with Crippen molar-refractivity contribution < 1.29 is 14.3 Å². The van der Waals surface area contributed by atoms with Crippen LogP contribution in [0, 0.1) is 11.8 Å². The summed E-state index contributed by atoms with van der Waals surface area (Å²) in [5, 5.41) is 3.42. The van der Waals surface area contributed by atoms with E-state index >= 15 is 0 Å². The minimum atomic E-state index is -0.129. The Hall–Kier alpha value is -1.35.